The minimum Gasteiger partial charge on any atom is -0.497 e. The van der Waals surface area contributed by atoms with Gasteiger partial charge in [-0.05, 0) is 53.4 Å². The number of carboxylic acid groups (broad SMARTS) is 1. The summed E-state index contributed by atoms with van der Waals surface area (Å²) >= 11 is 0. The lowest BCUT2D eigenvalue weighted by atomic mass is 10.0. The zero-order valence-electron chi connectivity index (χ0n) is 18.7. The first-order valence-electron chi connectivity index (χ1n) is 10.7. The van der Waals surface area contributed by atoms with Gasteiger partial charge in [-0.2, -0.15) is 0 Å². The van der Waals surface area contributed by atoms with E-state index in [-0.39, 0.29) is 17.9 Å². The monoisotopic (exact) mass is 465 g/mol. The van der Waals surface area contributed by atoms with E-state index in [1.54, 1.807) is 13.2 Å². The van der Waals surface area contributed by atoms with Gasteiger partial charge in [0.05, 0.1) is 7.11 Å². The quantitative estimate of drug-likeness (QED) is 0.150. The van der Waals surface area contributed by atoms with Crippen LogP contribution in [-0.4, -0.2) is 47.6 Å². The summed E-state index contributed by atoms with van der Waals surface area (Å²) in [5.41, 5.74) is 6.03. The zero-order valence-corrected chi connectivity index (χ0v) is 18.7. The predicted molar refractivity (Wildman–Crippen MR) is 128 cm³/mol. The number of pyridine rings is 1. The number of hydrogen-bond donors (Lipinski definition) is 6. The molecule has 10 nitrogen and oxygen atoms in total. The third-order valence-corrected chi connectivity index (χ3v) is 5.31. The minimum atomic E-state index is -1.21. The normalized spacial score (nSPS) is 11.6. The maximum absolute atomic E-state index is 12.5. The van der Waals surface area contributed by atoms with Gasteiger partial charge in [-0.25, -0.2) is 4.79 Å². The van der Waals surface area contributed by atoms with Crippen LogP contribution in [0.1, 0.15) is 34.5 Å². The van der Waals surface area contributed by atoms with Crippen molar-refractivity contribution in [3.05, 3.63) is 75.7 Å². The molecule has 0 bridgehead atoms. The van der Waals surface area contributed by atoms with Crippen LogP contribution in [0.15, 0.2) is 53.3 Å². The number of rotatable bonds is 10. The predicted octanol–water partition coefficient (Wildman–Crippen LogP) is 1.57. The lowest BCUT2D eigenvalue weighted by Crippen LogP contribution is -2.43. The number of amides is 1. The highest BCUT2D eigenvalue weighted by atomic mass is 16.5. The molecule has 1 aromatic heterocycles. The molecule has 0 spiro atoms. The number of carbonyl (C=O) groups excluding carboxylic acids is 1. The highest BCUT2D eigenvalue weighted by Crippen LogP contribution is 2.22. The molecule has 1 heterocycles. The van der Waals surface area contributed by atoms with Gasteiger partial charge in [-0.1, -0.05) is 24.3 Å². The number of aromatic amines is 1. The number of aromatic nitrogens is 1. The number of hydrogen-bond acceptors (Lipinski definition) is 5. The Kier molecular flexibility index (Phi) is 7.86. The number of fused-ring (bicyclic) bond motifs is 1. The second kappa shape index (κ2) is 11.0. The molecular weight excluding hydrogens is 438 g/mol. The topological polar surface area (TPSA) is 170 Å². The van der Waals surface area contributed by atoms with Gasteiger partial charge in [-0.15, -0.1) is 0 Å². The van der Waals surface area contributed by atoms with Crippen LogP contribution in [0.5, 0.6) is 5.75 Å². The van der Waals surface area contributed by atoms with Crippen molar-refractivity contribution in [3.63, 3.8) is 0 Å². The molecule has 3 rings (SSSR count). The minimum absolute atomic E-state index is 0.116. The second-order valence-corrected chi connectivity index (χ2v) is 7.80. The molecule has 3 aromatic rings. The molecule has 2 aromatic carbocycles. The Bertz CT molecular complexity index is 1270. The molecule has 0 aliphatic carbocycles. The van der Waals surface area contributed by atoms with E-state index < -0.39 is 23.5 Å². The molecular formula is C24H27N5O5. The van der Waals surface area contributed by atoms with E-state index in [4.69, 9.17) is 15.9 Å². The van der Waals surface area contributed by atoms with Crippen LogP contribution in [0.25, 0.3) is 10.8 Å². The van der Waals surface area contributed by atoms with Crippen molar-refractivity contribution in [1.82, 2.24) is 15.6 Å². The largest absolute Gasteiger partial charge is 0.497 e. The van der Waals surface area contributed by atoms with E-state index in [0.29, 0.717) is 25.1 Å². The van der Waals surface area contributed by atoms with Gasteiger partial charge < -0.3 is 31.2 Å². The molecule has 0 fully saturated rings. The average Bonchev–Trinajstić information content (AvgIpc) is 2.80. The van der Waals surface area contributed by atoms with Crippen LogP contribution in [0, 0.1) is 5.41 Å². The number of guanidine groups is 1. The van der Waals surface area contributed by atoms with Crippen molar-refractivity contribution >= 4 is 28.6 Å². The van der Waals surface area contributed by atoms with Crippen molar-refractivity contribution in [3.8, 4) is 5.75 Å². The Morgan fingerprint density at radius 3 is 2.56 bits per heavy atom. The maximum atomic E-state index is 12.5. The van der Waals surface area contributed by atoms with Gasteiger partial charge in [0.25, 0.3) is 11.5 Å². The molecule has 178 valence electrons. The number of H-pyrrole nitrogens is 1. The van der Waals surface area contributed by atoms with Gasteiger partial charge in [0.1, 0.15) is 17.4 Å². The molecule has 7 N–H and O–H groups in total. The van der Waals surface area contributed by atoms with Gasteiger partial charge in [0.2, 0.25) is 0 Å². The summed E-state index contributed by atoms with van der Waals surface area (Å²) in [4.78, 5) is 39.2. The van der Waals surface area contributed by atoms with Crippen molar-refractivity contribution < 1.29 is 19.4 Å². The van der Waals surface area contributed by atoms with E-state index in [1.165, 1.54) is 6.07 Å². The van der Waals surface area contributed by atoms with E-state index in [9.17, 15) is 19.5 Å². The number of carbonyl (C=O) groups is 2. The SMILES string of the molecule is COc1ccc2cc(Cc3ccc(C(=O)N[C@@H](CCCNC(=N)N)C(=O)O)c(=O)[nH]3)ccc2c1. The van der Waals surface area contributed by atoms with Crippen molar-refractivity contribution in [2.24, 2.45) is 5.73 Å². The third-order valence-electron chi connectivity index (χ3n) is 5.31. The van der Waals surface area contributed by atoms with Gasteiger partial charge in [-0.3, -0.25) is 15.0 Å². The van der Waals surface area contributed by atoms with Gasteiger partial charge in [0.15, 0.2) is 5.96 Å². The fourth-order valence-electron chi connectivity index (χ4n) is 3.55. The molecule has 0 aliphatic heterocycles. The number of ether oxygens (including phenoxy) is 1. The highest BCUT2D eigenvalue weighted by molar-refractivity contribution is 5.96. The maximum Gasteiger partial charge on any atom is 0.326 e. The summed E-state index contributed by atoms with van der Waals surface area (Å²) in [6.07, 6.45) is 0.940. The smallest absolute Gasteiger partial charge is 0.326 e. The van der Waals surface area contributed by atoms with E-state index in [2.05, 4.69) is 15.6 Å². The standard InChI is InChI=1S/C24H27N5O5/c1-34-18-8-6-15-11-14(4-5-16(15)13-18)12-17-7-9-19(21(30)28-17)22(31)29-20(23(32)33)3-2-10-27-24(25)26/h4-9,11,13,20H,2-3,10,12H2,1H3,(H,28,30)(H,29,31)(H,32,33)(H4,25,26,27)/t20-/m0/s1. The van der Waals surface area contributed by atoms with Crippen LogP contribution in [-0.2, 0) is 11.2 Å². The summed E-state index contributed by atoms with van der Waals surface area (Å²) in [7, 11) is 1.62. The summed E-state index contributed by atoms with van der Waals surface area (Å²) in [6, 6.07) is 13.6. The van der Waals surface area contributed by atoms with Crippen molar-refractivity contribution in [1.29, 1.82) is 5.41 Å². The fraction of sp³-hybridized carbons (Fsp3) is 0.250. The number of aliphatic carboxylic acids is 1. The molecule has 0 radical (unpaired) electrons. The lowest BCUT2D eigenvalue weighted by molar-refractivity contribution is -0.139. The molecule has 0 saturated heterocycles. The molecule has 10 heteroatoms. The fourth-order valence-corrected chi connectivity index (χ4v) is 3.55. The summed E-state index contributed by atoms with van der Waals surface area (Å²) < 4.78 is 5.24. The third kappa shape index (κ3) is 6.35. The molecule has 34 heavy (non-hydrogen) atoms. The number of nitrogens with one attached hydrogen (secondary N) is 4. The van der Waals surface area contributed by atoms with Crippen LogP contribution in [0.2, 0.25) is 0 Å². The van der Waals surface area contributed by atoms with E-state index in [1.807, 2.05) is 36.4 Å². The van der Waals surface area contributed by atoms with E-state index >= 15 is 0 Å². The molecule has 0 aliphatic rings. The first-order valence-corrected chi connectivity index (χ1v) is 10.7. The molecule has 0 saturated carbocycles. The summed E-state index contributed by atoms with van der Waals surface area (Å²) in [5, 5.41) is 23.5. The van der Waals surface area contributed by atoms with Crippen LogP contribution < -0.4 is 26.7 Å². The molecule has 1 atom stereocenters. The summed E-state index contributed by atoms with van der Waals surface area (Å²) in [5.74, 6) is -1.42. The number of methoxy groups -OCH3 is 1. The van der Waals surface area contributed by atoms with Crippen LogP contribution >= 0.6 is 0 Å². The Morgan fingerprint density at radius 1 is 1.15 bits per heavy atom. The first-order chi connectivity index (χ1) is 16.3. The van der Waals surface area contributed by atoms with Gasteiger partial charge in [0, 0.05) is 18.7 Å². The number of nitrogens with two attached hydrogens (primary N) is 1. The molecule has 0 unspecified atom stereocenters. The first kappa shape index (κ1) is 24.3. The Hall–Kier alpha value is -4.34. The lowest BCUT2D eigenvalue weighted by Gasteiger charge is -2.14. The van der Waals surface area contributed by atoms with Gasteiger partial charge >= 0.3 is 5.97 Å². The molecule has 1 amide bonds. The Morgan fingerprint density at radius 2 is 1.88 bits per heavy atom. The highest BCUT2D eigenvalue weighted by Gasteiger charge is 2.22. The summed E-state index contributed by atoms with van der Waals surface area (Å²) in [6.45, 7) is 0.298. The second-order valence-electron chi connectivity index (χ2n) is 7.80. The number of carboxylic acids is 1. The van der Waals surface area contributed by atoms with Crippen molar-refractivity contribution in [2.75, 3.05) is 13.7 Å². The van der Waals surface area contributed by atoms with Crippen molar-refractivity contribution in [2.45, 2.75) is 25.3 Å². The average molecular weight is 466 g/mol. The number of benzene rings is 2. The van der Waals surface area contributed by atoms with Crippen LogP contribution in [0.4, 0.5) is 0 Å². The zero-order chi connectivity index (χ0) is 24.7. The van der Waals surface area contributed by atoms with E-state index in [0.717, 1.165) is 22.1 Å². The Labute approximate surface area is 195 Å². The van der Waals surface area contributed by atoms with Crippen LogP contribution in [0.3, 0.4) is 0 Å². The Balaban J connectivity index is 1.67.